The third kappa shape index (κ3) is 3.79. The van der Waals surface area contributed by atoms with E-state index in [1.54, 1.807) is 6.07 Å². The van der Waals surface area contributed by atoms with Crippen LogP contribution in [-0.4, -0.2) is 41.0 Å². The second kappa shape index (κ2) is 6.81. The second-order valence-electron chi connectivity index (χ2n) is 6.45. The maximum atomic E-state index is 14.0. The summed E-state index contributed by atoms with van der Waals surface area (Å²) in [6.07, 6.45) is 1.09. The van der Waals surface area contributed by atoms with Gasteiger partial charge in [-0.3, -0.25) is 4.90 Å². The van der Waals surface area contributed by atoms with Gasteiger partial charge in [0.1, 0.15) is 11.6 Å². The molecule has 1 fully saturated rings. The molecule has 0 radical (unpaired) electrons. The van der Waals surface area contributed by atoms with Gasteiger partial charge in [-0.25, -0.2) is 9.37 Å². The Balaban J connectivity index is 1.80. The van der Waals surface area contributed by atoms with Crippen LogP contribution in [0.1, 0.15) is 29.3 Å². The Morgan fingerprint density at radius 1 is 1.30 bits per heavy atom. The smallest absolute Gasteiger partial charge is 0.208 e. The van der Waals surface area contributed by atoms with Crippen molar-refractivity contribution in [3.05, 3.63) is 53.0 Å². The molecule has 0 spiro atoms. The molecule has 1 aromatic heterocycles. The Labute approximate surface area is 136 Å². The molecule has 0 amide bonds. The zero-order valence-corrected chi connectivity index (χ0v) is 14.1. The standard InChI is InChI=1S/C18H24FN3O/c1-13-14(2)23-18(20-13)12-22(16-8-9-21(3)11-16)10-15-6-4-5-7-17(15)19/h4-7,16H,8-12H2,1-3H3. The van der Waals surface area contributed by atoms with Crippen LogP contribution in [0.2, 0.25) is 0 Å². The molecule has 1 saturated heterocycles. The van der Waals surface area contributed by atoms with Crippen molar-refractivity contribution in [3.63, 3.8) is 0 Å². The van der Waals surface area contributed by atoms with Gasteiger partial charge in [-0.1, -0.05) is 18.2 Å². The lowest BCUT2D eigenvalue weighted by molar-refractivity contribution is 0.161. The van der Waals surface area contributed by atoms with Gasteiger partial charge in [0.05, 0.1) is 12.2 Å². The highest BCUT2D eigenvalue weighted by atomic mass is 19.1. The number of oxazole rings is 1. The quantitative estimate of drug-likeness (QED) is 0.848. The average molecular weight is 317 g/mol. The maximum Gasteiger partial charge on any atom is 0.208 e. The van der Waals surface area contributed by atoms with Gasteiger partial charge in [0, 0.05) is 24.7 Å². The lowest BCUT2D eigenvalue weighted by atomic mass is 10.1. The number of likely N-dealkylation sites (N-methyl/N-ethyl adjacent to an activating group) is 1. The SMILES string of the molecule is Cc1nc(CN(Cc2ccccc2F)C2CCN(C)C2)oc1C. The number of halogens is 1. The number of aryl methyl sites for hydroxylation is 2. The molecule has 5 heteroatoms. The molecule has 0 bridgehead atoms. The molecule has 1 atom stereocenters. The van der Waals surface area contributed by atoms with Crippen molar-refractivity contribution >= 4 is 0 Å². The zero-order chi connectivity index (χ0) is 16.4. The molecule has 2 heterocycles. The van der Waals surface area contributed by atoms with Crippen LogP contribution in [0.3, 0.4) is 0 Å². The lowest BCUT2D eigenvalue weighted by Crippen LogP contribution is -2.36. The molecule has 3 rings (SSSR count). The van der Waals surface area contributed by atoms with E-state index >= 15 is 0 Å². The average Bonchev–Trinajstić information content (AvgIpc) is 3.07. The number of aromatic nitrogens is 1. The topological polar surface area (TPSA) is 32.5 Å². The Morgan fingerprint density at radius 3 is 2.70 bits per heavy atom. The first-order valence-electron chi connectivity index (χ1n) is 8.12. The van der Waals surface area contributed by atoms with Crippen LogP contribution in [0.15, 0.2) is 28.7 Å². The Morgan fingerprint density at radius 2 is 2.09 bits per heavy atom. The molecule has 2 aromatic rings. The van der Waals surface area contributed by atoms with E-state index in [4.69, 9.17) is 4.42 Å². The highest BCUT2D eigenvalue weighted by molar-refractivity contribution is 5.17. The van der Waals surface area contributed by atoms with E-state index in [1.165, 1.54) is 6.07 Å². The van der Waals surface area contributed by atoms with Crippen LogP contribution >= 0.6 is 0 Å². The van der Waals surface area contributed by atoms with Gasteiger partial charge in [0.15, 0.2) is 0 Å². The molecule has 0 saturated carbocycles. The molecule has 1 unspecified atom stereocenters. The monoisotopic (exact) mass is 317 g/mol. The highest BCUT2D eigenvalue weighted by Crippen LogP contribution is 2.21. The van der Waals surface area contributed by atoms with E-state index in [0.717, 1.165) is 36.5 Å². The maximum absolute atomic E-state index is 14.0. The zero-order valence-electron chi connectivity index (χ0n) is 14.1. The predicted octanol–water partition coefficient (Wildman–Crippen LogP) is 3.14. The lowest BCUT2D eigenvalue weighted by Gasteiger charge is -2.27. The van der Waals surface area contributed by atoms with Crippen molar-refractivity contribution in [2.45, 2.75) is 39.4 Å². The first kappa shape index (κ1) is 16.1. The van der Waals surface area contributed by atoms with Crippen molar-refractivity contribution in [1.29, 1.82) is 0 Å². The Kier molecular flexibility index (Phi) is 4.78. The van der Waals surface area contributed by atoms with E-state index in [-0.39, 0.29) is 5.82 Å². The fourth-order valence-corrected chi connectivity index (χ4v) is 3.15. The first-order valence-corrected chi connectivity index (χ1v) is 8.12. The highest BCUT2D eigenvalue weighted by Gasteiger charge is 2.27. The molecular weight excluding hydrogens is 293 g/mol. The van der Waals surface area contributed by atoms with E-state index in [1.807, 2.05) is 26.0 Å². The van der Waals surface area contributed by atoms with Crippen LogP contribution < -0.4 is 0 Å². The molecule has 1 aromatic carbocycles. The minimum atomic E-state index is -0.149. The van der Waals surface area contributed by atoms with Crippen LogP contribution in [0.5, 0.6) is 0 Å². The molecule has 0 N–H and O–H groups in total. The van der Waals surface area contributed by atoms with Crippen molar-refractivity contribution in [3.8, 4) is 0 Å². The second-order valence-corrected chi connectivity index (χ2v) is 6.45. The summed E-state index contributed by atoms with van der Waals surface area (Å²) < 4.78 is 19.8. The molecular formula is C18H24FN3O. The van der Waals surface area contributed by atoms with Crippen molar-refractivity contribution < 1.29 is 8.81 Å². The summed E-state index contributed by atoms with van der Waals surface area (Å²) in [6, 6.07) is 7.39. The van der Waals surface area contributed by atoms with Crippen LogP contribution in [0.25, 0.3) is 0 Å². The summed E-state index contributed by atoms with van der Waals surface area (Å²) in [6.45, 7) is 7.13. The number of nitrogens with zero attached hydrogens (tertiary/aromatic N) is 3. The van der Waals surface area contributed by atoms with E-state index < -0.39 is 0 Å². The number of rotatable bonds is 5. The van der Waals surface area contributed by atoms with Gasteiger partial charge in [0.25, 0.3) is 0 Å². The fraction of sp³-hybridized carbons (Fsp3) is 0.500. The summed E-state index contributed by atoms with van der Waals surface area (Å²) in [4.78, 5) is 9.08. The summed E-state index contributed by atoms with van der Waals surface area (Å²) in [7, 11) is 2.13. The van der Waals surface area contributed by atoms with E-state index in [0.29, 0.717) is 25.0 Å². The predicted molar refractivity (Wildman–Crippen MR) is 87.5 cm³/mol. The van der Waals surface area contributed by atoms with Gasteiger partial charge in [-0.2, -0.15) is 0 Å². The van der Waals surface area contributed by atoms with E-state index in [9.17, 15) is 4.39 Å². The summed E-state index contributed by atoms with van der Waals surface area (Å²) in [5.74, 6) is 1.42. The number of hydrogen-bond donors (Lipinski definition) is 0. The van der Waals surface area contributed by atoms with Gasteiger partial charge in [0.2, 0.25) is 5.89 Å². The van der Waals surface area contributed by atoms with Crippen LogP contribution in [0.4, 0.5) is 4.39 Å². The molecule has 1 aliphatic rings. The van der Waals surface area contributed by atoms with Crippen LogP contribution in [0, 0.1) is 19.7 Å². The minimum absolute atomic E-state index is 0.149. The normalized spacial score (nSPS) is 18.9. The molecule has 124 valence electrons. The van der Waals surface area contributed by atoms with Crippen molar-refractivity contribution in [2.75, 3.05) is 20.1 Å². The van der Waals surface area contributed by atoms with Gasteiger partial charge in [-0.15, -0.1) is 0 Å². The minimum Gasteiger partial charge on any atom is -0.444 e. The van der Waals surface area contributed by atoms with Crippen molar-refractivity contribution in [1.82, 2.24) is 14.8 Å². The first-order chi connectivity index (χ1) is 11.0. The molecule has 4 nitrogen and oxygen atoms in total. The third-order valence-electron chi connectivity index (χ3n) is 4.63. The van der Waals surface area contributed by atoms with Gasteiger partial charge in [-0.05, 0) is 39.9 Å². The Bertz CT molecular complexity index is 651. The molecule has 23 heavy (non-hydrogen) atoms. The summed E-state index contributed by atoms with van der Waals surface area (Å²) >= 11 is 0. The van der Waals surface area contributed by atoms with Gasteiger partial charge < -0.3 is 9.32 Å². The van der Waals surface area contributed by atoms with E-state index in [2.05, 4.69) is 21.8 Å². The van der Waals surface area contributed by atoms with Gasteiger partial charge >= 0.3 is 0 Å². The largest absolute Gasteiger partial charge is 0.444 e. The summed E-state index contributed by atoms with van der Waals surface area (Å²) in [5, 5.41) is 0. The number of hydrogen-bond acceptors (Lipinski definition) is 4. The number of likely N-dealkylation sites (tertiary alicyclic amines) is 1. The molecule has 0 aliphatic carbocycles. The Hall–Kier alpha value is -1.72. The number of benzene rings is 1. The van der Waals surface area contributed by atoms with Crippen molar-refractivity contribution in [2.24, 2.45) is 0 Å². The summed E-state index contributed by atoms with van der Waals surface area (Å²) in [5.41, 5.74) is 1.65. The third-order valence-corrected chi connectivity index (χ3v) is 4.63. The fourth-order valence-electron chi connectivity index (χ4n) is 3.15. The molecule has 1 aliphatic heterocycles. The van der Waals surface area contributed by atoms with Crippen LogP contribution in [-0.2, 0) is 13.1 Å².